The summed E-state index contributed by atoms with van der Waals surface area (Å²) in [7, 11) is 2.26. The third kappa shape index (κ3) is 2.84. The van der Waals surface area contributed by atoms with E-state index in [1.54, 1.807) is 0 Å². The van der Waals surface area contributed by atoms with Crippen molar-refractivity contribution in [1.82, 2.24) is 9.80 Å². The highest BCUT2D eigenvalue weighted by Gasteiger charge is 2.44. The molecule has 19 heavy (non-hydrogen) atoms. The monoisotopic (exact) mass is 267 g/mol. The van der Waals surface area contributed by atoms with Crippen LogP contribution in [0.5, 0.6) is 0 Å². The molecule has 0 aromatic rings. The van der Waals surface area contributed by atoms with Gasteiger partial charge in [-0.1, -0.05) is 13.8 Å². The molecule has 2 aliphatic rings. The number of hydrogen-bond donors (Lipinski definition) is 1. The number of likely N-dealkylation sites (N-methyl/N-ethyl adjacent to an activating group) is 1. The maximum absolute atomic E-state index is 6.25. The molecule has 1 aliphatic carbocycles. The molecule has 0 radical (unpaired) electrons. The second kappa shape index (κ2) is 5.71. The van der Waals surface area contributed by atoms with Gasteiger partial charge in [0.1, 0.15) is 0 Å². The third-order valence-corrected chi connectivity index (χ3v) is 6.15. The van der Waals surface area contributed by atoms with E-state index < -0.39 is 0 Å². The van der Waals surface area contributed by atoms with Gasteiger partial charge in [0, 0.05) is 37.3 Å². The molecule has 5 unspecified atom stereocenters. The molecular formula is C16H33N3. The molecule has 5 atom stereocenters. The minimum Gasteiger partial charge on any atom is -0.329 e. The summed E-state index contributed by atoms with van der Waals surface area (Å²) in [6, 6.07) is 1.28. The van der Waals surface area contributed by atoms with Crippen LogP contribution in [-0.4, -0.2) is 54.1 Å². The number of piperazine rings is 1. The molecule has 0 aromatic heterocycles. The molecule has 0 amide bonds. The SMILES string of the molecule is CC1CCC(CN)(N2CC(C)N(C)C(C)C2)CC1C. The van der Waals surface area contributed by atoms with Crippen molar-refractivity contribution < 1.29 is 0 Å². The summed E-state index contributed by atoms with van der Waals surface area (Å²) < 4.78 is 0. The molecule has 1 saturated carbocycles. The topological polar surface area (TPSA) is 32.5 Å². The zero-order chi connectivity index (χ0) is 14.2. The van der Waals surface area contributed by atoms with E-state index >= 15 is 0 Å². The maximum atomic E-state index is 6.25. The van der Waals surface area contributed by atoms with Crippen molar-refractivity contribution in [3.63, 3.8) is 0 Å². The van der Waals surface area contributed by atoms with Gasteiger partial charge >= 0.3 is 0 Å². The first-order valence-electron chi connectivity index (χ1n) is 8.06. The predicted molar refractivity (Wildman–Crippen MR) is 82.2 cm³/mol. The first kappa shape index (κ1) is 15.3. The molecule has 1 aliphatic heterocycles. The van der Waals surface area contributed by atoms with Crippen molar-refractivity contribution >= 4 is 0 Å². The standard InChI is InChI=1S/C16H33N3/c1-12-6-7-16(11-17,8-13(12)2)19-9-14(3)18(5)15(4)10-19/h12-15H,6-11,17H2,1-5H3. The van der Waals surface area contributed by atoms with Crippen LogP contribution in [0.25, 0.3) is 0 Å². The smallest absolute Gasteiger partial charge is 0.0335 e. The van der Waals surface area contributed by atoms with Gasteiger partial charge < -0.3 is 5.73 Å². The normalized spacial score (nSPS) is 46.4. The van der Waals surface area contributed by atoms with Crippen molar-refractivity contribution in [2.75, 3.05) is 26.7 Å². The molecule has 2 fully saturated rings. The van der Waals surface area contributed by atoms with Gasteiger partial charge in [0.2, 0.25) is 0 Å². The quantitative estimate of drug-likeness (QED) is 0.832. The van der Waals surface area contributed by atoms with Crippen LogP contribution in [0.4, 0.5) is 0 Å². The Morgan fingerprint density at radius 3 is 2.11 bits per heavy atom. The summed E-state index contributed by atoms with van der Waals surface area (Å²) in [6.07, 6.45) is 3.92. The molecule has 0 aromatic carbocycles. The average Bonchev–Trinajstić information content (AvgIpc) is 2.39. The van der Waals surface area contributed by atoms with Crippen LogP contribution >= 0.6 is 0 Å². The number of nitrogens with two attached hydrogens (primary N) is 1. The minimum atomic E-state index is 0.274. The zero-order valence-corrected chi connectivity index (χ0v) is 13.5. The lowest BCUT2D eigenvalue weighted by Gasteiger charge is -2.54. The summed E-state index contributed by atoms with van der Waals surface area (Å²) in [5, 5.41) is 0. The Balaban J connectivity index is 2.13. The van der Waals surface area contributed by atoms with Crippen LogP contribution in [0.3, 0.4) is 0 Å². The molecule has 2 N–H and O–H groups in total. The van der Waals surface area contributed by atoms with Crippen LogP contribution in [0.2, 0.25) is 0 Å². The first-order chi connectivity index (χ1) is 8.89. The number of hydrogen-bond acceptors (Lipinski definition) is 3. The lowest BCUT2D eigenvalue weighted by atomic mass is 9.70. The second-order valence-corrected chi connectivity index (χ2v) is 7.39. The summed E-state index contributed by atoms with van der Waals surface area (Å²) in [4.78, 5) is 5.24. The Morgan fingerprint density at radius 2 is 1.63 bits per heavy atom. The van der Waals surface area contributed by atoms with Crippen molar-refractivity contribution in [3.05, 3.63) is 0 Å². The van der Waals surface area contributed by atoms with Gasteiger partial charge in [0.15, 0.2) is 0 Å². The van der Waals surface area contributed by atoms with E-state index in [0.717, 1.165) is 18.4 Å². The number of nitrogens with zero attached hydrogens (tertiary/aromatic N) is 2. The maximum Gasteiger partial charge on any atom is 0.0335 e. The molecule has 0 bridgehead atoms. The Hall–Kier alpha value is -0.120. The van der Waals surface area contributed by atoms with Gasteiger partial charge in [-0.2, -0.15) is 0 Å². The predicted octanol–water partition coefficient (Wildman–Crippen LogP) is 2.16. The lowest BCUT2D eigenvalue weighted by Crippen LogP contribution is -2.65. The van der Waals surface area contributed by atoms with Crippen molar-refractivity contribution in [2.24, 2.45) is 17.6 Å². The largest absolute Gasteiger partial charge is 0.329 e. The molecule has 0 spiro atoms. The van der Waals surface area contributed by atoms with Crippen LogP contribution in [0, 0.1) is 11.8 Å². The fourth-order valence-electron chi connectivity index (χ4n) is 4.08. The van der Waals surface area contributed by atoms with Crippen molar-refractivity contribution in [1.29, 1.82) is 0 Å². The van der Waals surface area contributed by atoms with Gasteiger partial charge in [-0.05, 0) is 52.0 Å². The van der Waals surface area contributed by atoms with Crippen molar-refractivity contribution in [3.8, 4) is 0 Å². The third-order valence-electron chi connectivity index (χ3n) is 6.15. The highest BCUT2D eigenvalue weighted by atomic mass is 15.3. The molecular weight excluding hydrogens is 234 g/mol. The van der Waals surface area contributed by atoms with E-state index in [1.165, 1.54) is 32.4 Å². The van der Waals surface area contributed by atoms with E-state index in [1.807, 2.05) is 0 Å². The summed E-state index contributed by atoms with van der Waals surface area (Å²) in [5.74, 6) is 1.67. The Morgan fingerprint density at radius 1 is 1.05 bits per heavy atom. The Bertz CT molecular complexity index is 294. The highest BCUT2D eigenvalue weighted by molar-refractivity contribution is 5.00. The number of rotatable bonds is 2. The van der Waals surface area contributed by atoms with Gasteiger partial charge in [-0.25, -0.2) is 0 Å². The fraction of sp³-hybridized carbons (Fsp3) is 1.00. The van der Waals surface area contributed by atoms with Gasteiger partial charge in [-0.15, -0.1) is 0 Å². The Kier molecular flexibility index (Phi) is 4.59. The van der Waals surface area contributed by atoms with Crippen LogP contribution in [-0.2, 0) is 0 Å². The molecule has 3 nitrogen and oxygen atoms in total. The Labute approximate surface area is 119 Å². The van der Waals surface area contributed by atoms with E-state index in [-0.39, 0.29) is 5.54 Å². The van der Waals surface area contributed by atoms with E-state index in [4.69, 9.17) is 5.73 Å². The van der Waals surface area contributed by atoms with Crippen LogP contribution in [0.1, 0.15) is 47.0 Å². The van der Waals surface area contributed by atoms with Crippen LogP contribution in [0.15, 0.2) is 0 Å². The molecule has 112 valence electrons. The van der Waals surface area contributed by atoms with E-state index in [0.29, 0.717) is 12.1 Å². The van der Waals surface area contributed by atoms with Crippen LogP contribution < -0.4 is 5.73 Å². The van der Waals surface area contributed by atoms with Gasteiger partial charge in [0.05, 0.1) is 0 Å². The molecule has 1 heterocycles. The summed E-state index contributed by atoms with van der Waals surface area (Å²) >= 11 is 0. The zero-order valence-electron chi connectivity index (χ0n) is 13.5. The average molecular weight is 267 g/mol. The first-order valence-corrected chi connectivity index (χ1v) is 8.06. The van der Waals surface area contributed by atoms with Crippen molar-refractivity contribution in [2.45, 2.75) is 64.6 Å². The van der Waals surface area contributed by atoms with E-state index in [2.05, 4.69) is 44.5 Å². The van der Waals surface area contributed by atoms with Gasteiger partial charge in [0.25, 0.3) is 0 Å². The summed E-state index contributed by atoms with van der Waals surface area (Å²) in [5.41, 5.74) is 6.52. The fourth-order valence-corrected chi connectivity index (χ4v) is 4.08. The molecule has 3 heteroatoms. The second-order valence-electron chi connectivity index (χ2n) is 7.39. The van der Waals surface area contributed by atoms with E-state index in [9.17, 15) is 0 Å². The lowest BCUT2D eigenvalue weighted by molar-refractivity contribution is -0.0422. The highest BCUT2D eigenvalue weighted by Crippen LogP contribution is 2.40. The summed E-state index contributed by atoms with van der Waals surface area (Å²) in [6.45, 7) is 12.7. The van der Waals surface area contributed by atoms with Gasteiger partial charge in [-0.3, -0.25) is 9.80 Å². The molecule has 2 rings (SSSR count). The minimum absolute atomic E-state index is 0.274. The molecule has 1 saturated heterocycles.